The molecule has 2 nitrogen and oxygen atoms in total. The Morgan fingerprint density at radius 2 is 2.00 bits per heavy atom. The van der Waals surface area contributed by atoms with Gasteiger partial charge in [0.05, 0.1) is 0 Å². The Hall–Kier alpha value is -0.0800. The highest BCUT2D eigenvalue weighted by molar-refractivity contribution is 4.81. The first-order valence-corrected chi connectivity index (χ1v) is 8.66. The summed E-state index contributed by atoms with van der Waals surface area (Å²) in [4.78, 5) is 2.74. The summed E-state index contributed by atoms with van der Waals surface area (Å²) in [6, 6.07) is 0.705. The molecular weight excluding hydrogens is 232 g/mol. The third-order valence-corrected chi connectivity index (χ3v) is 4.90. The van der Waals surface area contributed by atoms with Gasteiger partial charge in [0.1, 0.15) is 0 Å². The number of nitrogens with one attached hydrogen (secondary N) is 1. The third kappa shape index (κ3) is 6.27. The highest BCUT2D eigenvalue weighted by atomic mass is 15.2. The SMILES string of the molecule is CCCCC(CC)CN1CCCNC(C(C)CC)C1. The number of hydrogen-bond donors (Lipinski definition) is 1. The first-order chi connectivity index (χ1) is 9.21. The van der Waals surface area contributed by atoms with Crippen LogP contribution >= 0.6 is 0 Å². The molecule has 1 N–H and O–H groups in total. The van der Waals surface area contributed by atoms with Crippen molar-refractivity contribution in [2.24, 2.45) is 11.8 Å². The molecule has 3 atom stereocenters. The molecule has 0 aliphatic carbocycles. The molecule has 0 aromatic carbocycles. The van der Waals surface area contributed by atoms with Crippen LogP contribution in [-0.4, -0.2) is 37.1 Å². The predicted molar refractivity (Wildman–Crippen MR) is 85.6 cm³/mol. The molecule has 1 aliphatic heterocycles. The molecule has 0 amide bonds. The maximum atomic E-state index is 3.76. The van der Waals surface area contributed by atoms with Gasteiger partial charge in [-0.05, 0) is 37.8 Å². The van der Waals surface area contributed by atoms with Gasteiger partial charge in [0, 0.05) is 19.1 Å². The van der Waals surface area contributed by atoms with E-state index in [2.05, 4.69) is 37.9 Å². The zero-order chi connectivity index (χ0) is 14.1. The molecule has 1 heterocycles. The highest BCUT2D eigenvalue weighted by Crippen LogP contribution is 2.18. The molecule has 1 rings (SSSR count). The quantitative estimate of drug-likeness (QED) is 0.718. The van der Waals surface area contributed by atoms with Gasteiger partial charge >= 0.3 is 0 Å². The molecule has 19 heavy (non-hydrogen) atoms. The molecule has 3 unspecified atom stereocenters. The smallest absolute Gasteiger partial charge is 0.0220 e. The van der Waals surface area contributed by atoms with E-state index in [1.165, 1.54) is 64.7 Å². The van der Waals surface area contributed by atoms with E-state index in [4.69, 9.17) is 0 Å². The number of rotatable bonds is 8. The highest BCUT2D eigenvalue weighted by Gasteiger charge is 2.22. The minimum atomic E-state index is 0.705. The molecule has 1 saturated heterocycles. The lowest BCUT2D eigenvalue weighted by Gasteiger charge is -2.30. The monoisotopic (exact) mass is 268 g/mol. The maximum absolute atomic E-state index is 3.76. The lowest BCUT2D eigenvalue weighted by molar-refractivity contribution is 0.198. The van der Waals surface area contributed by atoms with Crippen molar-refractivity contribution in [2.75, 3.05) is 26.2 Å². The minimum absolute atomic E-state index is 0.705. The fraction of sp³-hybridized carbons (Fsp3) is 1.00. The van der Waals surface area contributed by atoms with Gasteiger partial charge in [-0.2, -0.15) is 0 Å². The Labute approximate surface area is 121 Å². The van der Waals surface area contributed by atoms with Gasteiger partial charge in [-0.25, -0.2) is 0 Å². The van der Waals surface area contributed by atoms with Crippen LogP contribution in [0, 0.1) is 11.8 Å². The molecule has 0 spiro atoms. The summed E-state index contributed by atoms with van der Waals surface area (Å²) in [6.07, 6.45) is 8.12. The zero-order valence-electron chi connectivity index (χ0n) is 13.8. The lowest BCUT2D eigenvalue weighted by Crippen LogP contribution is -2.43. The summed E-state index contributed by atoms with van der Waals surface area (Å²) in [5, 5.41) is 3.76. The molecule has 114 valence electrons. The Balaban J connectivity index is 2.45. The summed E-state index contributed by atoms with van der Waals surface area (Å²) >= 11 is 0. The van der Waals surface area contributed by atoms with Gasteiger partial charge in [-0.15, -0.1) is 0 Å². The van der Waals surface area contributed by atoms with E-state index in [9.17, 15) is 0 Å². The average Bonchev–Trinajstić information content (AvgIpc) is 2.68. The molecule has 1 aliphatic rings. The first kappa shape index (κ1) is 17.0. The summed E-state index contributed by atoms with van der Waals surface area (Å²) in [5.41, 5.74) is 0. The van der Waals surface area contributed by atoms with Crippen molar-refractivity contribution in [3.8, 4) is 0 Å². The van der Waals surface area contributed by atoms with Gasteiger partial charge in [0.2, 0.25) is 0 Å². The fourth-order valence-corrected chi connectivity index (χ4v) is 3.14. The van der Waals surface area contributed by atoms with Crippen molar-refractivity contribution < 1.29 is 0 Å². The van der Waals surface area contributed by atoms with E-state index in [0.29, 0.717) is 6.04 Å². The average molecular weight is 268 g/mol. The van der Waals surface area contributed by atoms with Gasteiger partial charge in [0.15, 0.2) is 0 Å². The normalized spacial score (nSPS) is 24.9. The Kier molecular flexibility index (Phi) is 8.72. The van der Waals surface area contributed by atoms with Gasteiger partial charge in [-0.3, -0.25) is 0 Å². The fourth-order valence-electron chi connectivity index (χ4n) is 3.14. The van der Waals surface area contributed by atoms with E-state index < -0.39 is 0 Å². The van der Waals surface area contributed by atoms with Crippen molar-refractivity contribution in [3.05, 3.63) is 0 Å². The minimum Gasteiger partial charge on any atom is -0.312 e. The number of unbranched alkanes of at least 4 members (excludes halogenated alkanes) is 1. The molecule has 0 bridgehead atoms. The molecule has 0 aromatic heterocycles. The van der Waals surface area contributed by atoms with Crippen LogP contribution in [0.4, 0.5) is 0 Å². The van der Waals surface area contributed by atoms with Crippen LogP contribution in [0.5, 0.6) is 0 Å². The summed E-state index contributed by atoms with van der Waals surface area (Å²) in [6.45, 7) is 14.5. The second-order valence-electron chi connectivity index (χ2n) is 6.48. The van der Waals surface area contributed by atoms with E-state index >= 15 is 0 Å². The van der Waals surface area contributed by atoms with Crippen molar-refractivity contribution >= 4 is 0 Å². The largest absolute Gasteiger partial charge is 0.312 e. The van der Waals surface area contributed by atoms with Crippen molar-refractivity contribution in [3.63, 3.8) is 0 Å². The van der Waals surface area contributed by atoms with Crippen LogP contribution in [0.2, 0.25) is 0 Å². The standard InChI is InChI=1S/C17H36N2/c1-5-8-10-16(7-3)13-19-12-9-11-18-17(14-19)15(4)6-2/h15-18H,5-14H2,1-4H3. The molecule has 0 radical (unpaired) electrons. The summed E-state index contributed by atoms with van der Waals surface area (Å²) < 4.78 is 0. The van der Waals surface area contributed by atoms with Crippen LogP contribution in [-0.2, 0) is 0 Å². The van der Waals surface area contributed by atoms with E-state index in [1.807, 2.05) is 0 Å². The number of hydrogen-bond acceptors (Lipinski definition) is 2. The molecule has 0 aromatic rings. The van der Waals surface area contributed by atoms with Crippen LogP contribution in [0.1, 0.15) is 66.2 Å². The van der Waals surface area contributed by atoms with Crippen LogP contribution in [0.25, 0.3) is 0 Å². The van der Waals surface area contributed by atoms with Crippen LogP contribution < -0.4 is 5.32 Å². The molecule has 0 saturated carbocycles. The maximum Gasteiger partial charge on any atom is 0.0220 e. The van der Waals surface area contributed by atoms with E-state index in [0.717, 1.165) is 11.8 Å². The summed E-state index contributed by atoms with van der Waals surface area (Å²) in [5.74, 6) is 1.71. The Bertz CT molecular complexity index is 217. The van der Waals surface area contributed by atoms with Gasteiger partial charge in [0.25, 0.3) is 0 Å². The van der Waals surface area contributed by atoms with Crippen LogP contribution in [0.15, 0.2) is 0 Å². The van der Waals surface area contributed by atoms with Crippen molar-refractivity contribution in [1.82, 2.24) is 10.2 Å². The lowest BCUT2D eigenvalue weighted by atomic mass is 9.96. The van der Waals surface area contributed by atoms with E-state index in [1.54, 1.807) is 0 Å². The number of nitrogens with zero attached hydrogens (tertiary/aromatic N) is 1. The van der Waals surface area contributed by atoms with Crippen LogP contribution in [0.3, 0.4) is 0 Å². The second-order valence-corrected chi connectivity index (χ2v) is 6.48. The summed E-state index contributed by atoms with van der Waals surface area (Å²) in [7, 11) is 0. The predicted octanol–water partition coefficient (Wildman–Crippen LogP) is 3.91. The zero-order valence-corrected chi connectivity index (χ0v) is 13.8. The topological polar surface area (TPSA) is 15.3 Å². The Morgan fingerprint density at radius 3 is 2.63 bits per heavy atom. The molecule has 1 fully saturated rings. The second kappa shape index (κ2) is 9.77. The molecule has 2 heteroatoms. The third-order valence-electron chi connectivity index (χ3n) is 4.90. The van der Waals surface area contributed by atoms with E-state index in [-0.39, 0.29) is 0 Å². The van der Waals surface area contributed by atoms with Crippen molar-refractivity contribution in [2.45, 2.75) is 72.3 Å². The first-order valence-electron chi connectivity index (χ1n) is 8.66. The Morgan fingerprint density at radius 1 is 1.21 bits per heavy atom. The molecular formula is C17H36N2. The van der Waals surface area contributed by atoms with Gasteiger partial charge < -0.3 is 10.2 Å². The van der Waals surface area contributed by atoms with Gasteiger partial charge in [-0.1, -0.05) is 53.4 Å². The van der Waals surface area contributed by atoms with Crippen molar-refractivity contribution in [1.29, 1.82) is 0 Å².